The van der Waals surface area contributed by atoms with Crippen molar-refractivity contribution < 1.29 is 13.2 Å². The van der Waals surface area contributed by atoms with Gasteiger partial charge in [-0.3, -0.25) is 4.68 Å². The van der Waals surface area contributed by atoms with Crippen molar-refractivity contribution in [2.45, 2.75) is 33.5 Å². The number of fused-ring (bicyclic) bond motifs is 1. The van der Waals surface area contributed by atoms with Gasteiger partial charge in [-0.1, -0.05) is 29.8 Å². The van der Waals surface area contributed by atoms with E-state index in [1.807, 2.05) is 31.2 Å². The molecule has 1 aromatic carbocycles. The molecule has 0 atom stereocenters. The lowest BCUT2D eigenvalue weighted by molar-refractivity contribution is -0.136. The Balaban J connectivity index is 1.95. The van der Waals surface area contributed by atoms with E-state index >= 15 is 0 Å². The third kappa shape index (κ3) is 3.39. The van der Waals surface area contributed by atoms with E-state index in [9.17, 15) is 13.2 Å². The van der Waals surface area contributed by atoms with Crippen LogP contribution in [0, 0.1) is 20.8 Å². The van der Waals surface area contributed by atoms with E-state index in [0.29, 0.717) is 17.8 Å². The predicted molar refractivity (Wildman–Crippen MR) is 104 cm³/mol. The first-order valence-corrected chi connectivity index (χ1v) is 9.15. The van der Waals surface area contributed by atoms with Crippen LogP contribution in [0.5, 0.6) is 0 Å². The number of aryl methyl sites for hydroxylation is 3. The number of nitrogens with zero attached hydrogens (tertiary/aromatic N) is 5. The van der Waals surface area contributed by atoms with Crippen LogP contribution in [0.15, 0.2) is 36.5 Å². The number of hydrogen-bond donors (Lipinski definition) is 0. The molecule has 3 heterocycles. The van der Waals surface area contributed by atoms with E-state index in [4.69, 9.17) is 0 Å². The molecular formula is C21H20F3N5. The monoisotopic (exact) mass is 399 g/mol. The summed E-state index contributed by atoms with van der Waals surface area (Å²) in [6.07, 6.45) is -2.98. The number of benzene rings is 1. The summed E-state index contributed by atoms with van der Waals surface area (Å²) in [4.78, 5) is 4.58. The molecule has 0 aliphatic carbocycles. The first kappa shape index (κ1) is 19.2. The molecule has 5 nitrogen and oxygen atoms in total. The molecule has 29 heavy (non-hydrogen) atoms. The van der Waals surface area contributed by atoms with Crippen molar-refractivity contribution in [1.82, 2.24) is 24.5 Å². The van der Waals surface area contributed by atoms with E-state index in [2.05, 4.69) is 15.2 Å². The molecule has 0 unspecified atom stereocenters. The van der Waals surface area contributed by atoms with E-state index < -0.39 is 11.7 Å². The summed E-state index contributed by atoms with van der Waals surface area (Å²) in [5.41, 5.74) is 3.40. The number of halogens is 3. The average molecular weight is 399 g/mol. The highest BCUT2D eigenvalue weighted by molar-refractivity contribution is 5.86. The lowest BCUT2D eigenvalue weighted by Gasteiger charge is -2.12. The zero-order valence-corrected chi connectivity index (χ0v) is 16.5. The van der Waals surface area contributed by atoms with Gasteiger partial charge >= 0.3 is 6.18 Å². The van der Waals surface area contributed by atoms with Gasteiger partial charge in [0.05, 0.1) is 35.1 Å². The van der Waals surface area contributed by atoms with Crippen LogP contribution in [-0.4, -0.2) is 24.5 Å². The molecule has 4 aromatic rings. The molecule has 0 saturated carbocycles. The first-order chi connectivity index (χ1) is 13.6. The van der Waals surface area contributed by atoms with E-state index in [1.54, 1.807) is 30.3 Å². The van der Waals surface area contributed by atoms with Gasteiger partial charge in [0.15, 0.2) is 5.65 Å². The summed E-state index contributed by atoms with van der Waals surface area (Å²) < 4.78 is 44.8. The number of aromatic nitrogens is 5. The summed E-state index contributed by atoms with van der Waals surface area (Å²) in [6.45, 7) is 5.71. The fourth-order valence-corrected chi connectivity index (χ4v) is 3.44. The highest BCUT2D eigenvalue weighted by Crippen LogP contribution is 2.38. The fourth-order valence-electron chi connectivity index (χ4n) is 3.44. The van der Waals surface area contributed by atoms with Crippen LogP contribution >= 0.6 is 0 Å². The lowest BCUT2D eigenvalue weighted by atomic mass is 10.1. The van der Waals surface area contributed by atoms with Crippen molar-refractivity contribution in [2.75, 3.05) is 0 Å². The number of alkyl halides is 3. The Hall–Kier alpha value is -3.16. The second-order valence-corrected chi connectivity index (χ2v) is 7.25. The van der Waals surface area contributed by atoms with E-state index in [0.717, 1.165) is 22.9 Å². The van der Waals surface area contributed by atoms with Crippen LogP contribution in [0.1, 0.15) is 28.1 Å². The van der Waals surface area contributed by atoms with Crippen LogP contribution in [-0.2, 0) is 19.8 Å². The van der Waals surface area contributed by atoms with Gasteiger partial charge in [-0.2, -0.15) is 23.4 Å². The third-order valence-electron chi connectivity index (χ3n) is 5.15. The molecule has 8 heteroatoms. The van der Waals surface area contributed by atoms with Crippen molar-refractivity contribution in [2.24, 2.45) is 7.05 Å². The Bertz CT molecular complexity index is 1200. The van der Waals surface area contributed by atoms with Crippen LogP contribution in [0.25, 0.3) is 22.3 Å². The van der Waals surface area contributed by atoms with Crippen molar-refractivity contribution >= 4 is 11.0 Å². The second-order valence-electron chi connectivity index (χ2n) is 7.25. The maximum absolute atomic E-state index is 13.9. The standard InChI is InChI=1S/C21H20F3N5/c1-12-5-7-15(8-6-12)11-29-20-19(13(2)27-29)17(21(22,23)24)9-18(26-20)16-10-25-28(4)14(16)3/h5-10H,11H2,1-4H3. The summed E-state index contributed by atoms with van der Waals surface area (Å²) in [7, 11) is 1.74. The summed E-state index contributed by atoms with van der Waals surface area (Å²) in [5.74, 6) is 0. The SMILES string of the molecule is Cc1ccc(Cn2nc(C)c3c(C(F)(F)F)cc(-c4cnn(C)c4C)nc32)cc1. The minimum Gasteiger partial charge on any atom is -0.272 e. The van der Waals surface area contributed by atoms with Crippen LogP contribution in [0.3, 0.4) is 0 Å². The van der Waals surface area contributed by atoms with Gasteiger partial charge in [-0.25, -0.2) is 9.67 Å². The minimum absolute atomic E-state index is 0.0369. The number of rotatable bonds is 3. The smallest absolute Gasteiger partial charge is 0.272 e. The highest BCUT2D eigenvalue weighted by Gasteiger charge is 2.36. The molecule has 0 saturated heterocycles. The maximum atomic E-state index is 13.9. The molecule has 0 amide bonds. The molecule has 0 bridgehead atoms. The normalized spacial score (nSPS) is 12.1. The Morgan fingerprint density at radius 3 is 2.31 bits per heavy atom. The Kier molecular flexibility index (Phi) is 4.44. The highest BCUT2D eigenvalue weighted by atomic mass is 19.4. The summed E-state index contributed by atoms with van der Waals surface area (Å²) >= 11 is 0. The molecule has 0 aliphatic heterocycles. The number of pyridine rings is 1. The van der Waals surface area contributed by atoms with Crippen LogP contribution in [0.4, 0.5) is 13.2 Å². The molecule has 0 aliphatic rings. The Morgan fingerprint density at radius 1 is 1.03 bits per heavy atom. The Morgan fingerprint density at radius 2 is 1.72 bits per heavy atom. The number of hydrogen-bond acceptors (Lipinski definition) is 3. The predicted octanol–water partition coefficient (Wildman–Crippen LogP) is 4.82. The van der Waals surface area contributed by atoms with Gasteiger partial charge < -0.3 is 0 Å². The van der Waals surface area contributed by atoms with Gasteiger partial charge in [0.1, 0.15) is 0 Å². The average Bonchev–Trinajstić information content (AvgIpc) is 3.15. The van der Waals surface area contributed by atoms with Crippen LogP contribution < -0.4 is 0 Å². The molecule has 0 N–H and O–H groups in total. The minimum atomic E-state index is -4.52. The van der Waals surface area contributed by atoms with Crippen molar-refractivity contribution in [3.8, 4) is 11.3 Å². The van der Waals surface area contributed by atoms with Gasteiger partial charge in [-0.15, -0.1) is 0 Å². The summed E-state index contributed by atoms with van der Waals surface area (Å²) in [6, 6.07) is 8.91. The van der Waals surface area contributed by atoms with Gasteiger partial charge in [-0.05, 0) is 32.4 Å². The Labute approximate surface area is 165 Å². The zero-order valence-electron chi connectivity index (χ0n) is 16.5. The molecule has 4 rings (SSSR count). The van der Waals surface area contributed by atoms with Crippen LogP contribution in [0.2, 0.25) is 0 Å². The van der Waals surface area contributed by atoms with Gasteiger partial charge in [0.25, 0.3) is 0 Å². The third-order valence-corrected chi connectivity index (χ3v) is 5.15. The topological polar surface area (TPSA) is 48.5 Å². The molecule has 3 aromatic heterocycles. The van der Waals surface area contributed by atoms with E-state index in [-0.39, 0.29) is 16.7 Å². The van der Waals surface area contributed by atoms with Crippen molar-refractivity contribution in [3.63, 3.8) is 0 Å². The quantitative estimate of drug-likeness (QED) is 0.496. The fraction of sp³-hybridized carbons (Fsp3) is 0.286. The van der Waals surface area contributed by atoms with Gasteiger partial charge in [0, 0.05) is 18.3 Å². The lowest BCUT2D eigenvalue weighted by Crippen LogP contribution is -2.09. The van der Waals surface area contributed by atoms with Crippen molar-refractivity contribution in [1.29, 1.82) is 0 Å². The van der Waals surface area contributed by atoms with Gasteiger partial charge in [0.2, 0.25) is 0 Å². The second kappa shape index (κ2) is 6.72. The molecular weight excluding hydrogens is 379 g/mol. The molecule has 0 radical (unpaired) electrons. The summed E-state index contributed by atoms with van der Waals surface area (Å²) in [5, 5.41) is 8.56. The molecule has 0 fully saturated rings. The van der Waals surface area contributed by atoms with E-state index in [1.165, 1.54) is 6.20 Å². The van der Waals surface area contributed by atoms with Crippen molar-refractivity contribution in [3.05, 3.63) is 64.6 Å². The largest absolute Gasteiger partial charge is 0.417 e. The zero-order chi connectivity index (χ0) is 20.9. The first-order valence-electron chi connectivity index (χ1n) is 9.15. The molecule has 0 spiro atoms. The maximum Gasteiger partial charge on any atom is 0.417 e. The molecule has 150 valence electrons.